The van der Waals surface area contributed by atoms with Crippen LogP contribution in [0.4, 0.5) is 0 Å². The van der Waals surface area contributed by atoms with Crippen LogP contribution in [0.3, 0.4) is 0 Å². The van der Waals surface area contributed by atoms with Crippen LogP contribution in [0.15, 0.2) is 36.1 Å². The number of hydrogen-bond acceptors (Lipinski definition) is 2. The van der Waals surface area contributed by atoms with E-state index in [2.05, 4.69) is 92.6 Å². The van der Waals surface area contributed by atoms with Crippen molar-refractivity contribution in [3.63, 3.8) is 0 Å². The van der Waals surface area contributed by atoms with E-state index < -0.39 is 0 Å². The highest BCUT2D eigenvalue weighted by Gasteiger charge is 2.28. The summed E-state index contributed by atoms with van der Waals surface area (Å²) in [5, 5.41) is 11.5. The highest BCUT2D eigenvalue weighted by molar-refractivity contribution is 6.12. The second-order valence-electron chi connectivity index (χ2n) is 12.0. The third kappa shape index (κ3) is 8.32. The van der Waals surface area contributed by atoms with Gasteiger partial charge in [0.05, 0.1) is 0 Å². The topological polar surface area (TPSA) is 37.3 Å². The van der Waals surface area contributed by atoms with Gasteiger partial charge >= 0.3 is 0 Å². The predicted molar refractivity (Wildman–Crippen MR) is 170 cm³/mol. The summed E-state index contributed by atoms with van der Waals surface area (Å²) in [5.41, 5.74) is 7.71. The molecule has 2 aromatic carbocycles. The first kappa shape index (κ1) is 32.9. The Labute approximate surface area is 240 Å². The molecule has 0 aliphatic carbocycles. The molecule has 0 amide bonds. The van der Waals surface area contributed by atoms with Gasteiger partial charge in [0.2, 0.25) is 5.78 Å². The molecule has 2 nitrogen and oxygen atoms in total. The maximum atomic E-state index is 14.4. The number of aryl methyl sites for hydroxylation is 1. The molecule has 4 atom stereocenters. The lowest BCUT2D eigenvalue weighted by Gasteiger charge is -2.27. The normalized spacial score (nSPS) is 15.2. The molecule has 1 N–H and O–H groups in total. The highest BCUT2D eigenvalue weighted by Crippen LogP contribution is 2.39. The van der Waals surface area contributed by atoms with Crippen LogP contribution in [-0.2, 0) is 6.42 Å². The van der Waals surface area contributed by atoms with E-state index in [-0.39, 0.29) is 23.4 Å². The van der Waals surface area contributed by atoms with Gasteiger partial charge in [-0.2, -0.15) is 0 Å². The Bertz CT molecular complexity index is 1090. The molecule has 0 heterocycles. The number of aliphatic hydroxyl groups excluding tert-OH is 1. The van der Waals surface area contributed by atoms with Crippen LogP contribution in [0.1, 0.15) is 181 Å². The molecule has 2 aromatic rings. The van der Waals surface area contributed by atoms with Gasteiger partial charge in [-0.1, -0.05) is 118 Å². The van der Waals surface area contributed by atoms with Crippen molar-refractivity contribution in [1.29, 1.82) is 0 Å². The van der Waals surface area contributed by atoms with Crippen molar-refractivity contribution in [2.45, 2.75) is 144 Å². The number of allylic oxidation sites excluding steroid dienone is 1. The molecule has 0 aliphatic heterocycles. The van der Waals surface area contributed by atoms with E-state index in [1.54, 1.807) is 6.08 Å². The minimum Gasteiger partial charge on any atom is -0.504 e. The fraction of sp³-hybridized carbons (Fsp3) is 0.595. The van der Waals surface area contributed by atoms with Crippen LogP contribution in [0.2, 0.25) is 0 Å². The van der Waals surface area contributed by atoms with Crippen LogP contribution in [0, 0.1) is 0 Å². The van der Waals surface area contributed by atoms with Gasteiger partial charge in [0.25, 0.3) is 0 Å². The Morgan fingerprint density at radius 2 is 1.15 bits per heavy atom. The summed E-state index contributed by atoms with van der Waals surface area (Å²) in [4.78, 5) is 14.4. The summed E-state index contributed by atoms with van der Waals surface area (Å²) in [6.45, 7) is 20.0. The number of carbonyl (C=O) groups is 1. The minimum atomic E-state index is -0.215. The van der Waals surface area contributed by atoms with Crippen LogP contribution >= 0.6 is 0 Å². The molecule has 0 saturated carbocycles. The van der Waals surface area contributed by atoms with Gasteiger partial charge in [0.15, 0.2) is 5.76 Å². The number of aliphatic hydroxyl groups is 1. The fourth-order valence-corrected chi connectivity index (χ4v) is 6.38. The fourth-order valence-electron chi connectivity index (χ4n) is 6.38. The number of ketones is 1. The second-order valence-corrected chi connectivity index (χ2v) is 12.0. The maximum Gasteiger partial charge on any atom is 0.227 e. The molecule has 4 unspecified atom stereocenters. The zero-order valence-corrected chi connectivity index (χ0v) is 26.5. The van der Waals surface area contributed by atoms with Gasteiger partial charge in [0, 0.05) is 5.56 Å². The number of carbonyl (C=O) groups excluding carboxylic acids is 1. The molecular formula is C37H56O2. The lowest BCUT2D eigenvalue weighted by molar-refractivity contribution is 0.0977. The summed E-state index contributed by atoms with van der Waals surface area (Å²) < 4.78 is 0. The predicted octanol–water partition coefficient (Wildman–Crippen LogP) is 11.6. The monoisotopic (exact) mass is 532 g/mol. The van der Waals surface area contributed by atoms with Crippen molar-refractivity contribution in [1.82, 2.24) is 0 Å². The van der Waals surface area contributed by atoms with E-state index in [1.165, 1.54) is 22.3 Å². The summed E-state index contributed by atoms with van der Waals surface area (Å²) >= 11 is 0. The molecular weight excluding hydrogens is 476 g/mol. The molecule has 2 heteroatoms. The smallest absolute Gasteiger partial charge is 0.227 e. The van der Waals surface area contributed by atoms with Gasteiger partial charge in [-0.15, -0.1) is 0 Å². The molecule has 216 valence electrons. The summed E-state index contributed by atoms with van der Waals surface area (Å²) in [5.74, 6) is 0.909. The summed E-state index contributed by atoms with van der Waals surface area (Å²) in [7, 11) is 0. The number of benzene rings is 2. The van der Waals surface area contributed by atoms with Crippen LogP contribution in [-0.4, -0.2) is 10.9 Å². The minimum absolute atomic E-state index is 0.136. The van der Waals surface area contributed by atoms with Crippen molar-refractivity contribution < 1.29 is 9.90 Å². The molecule has 39 heavy (non-hydrogen) atoms. The first-order chi connectivity index (χ1) is 18.6. The Balaban J connectivity index is 2.81. The molecule has 0 bridgehead atoms. The molecule has 0 saturated heterocycles. The van der Waals surface area contributed by atoms with E-state index in [0.717, 1.165) is 74.5 Å². The van der Waals surface area contributed by atoms with Crippen molar-refractivity contribution in [2.75, 3.05) is 0 Å². The van der Waals surface area contributed by atoms with E-state index in [4.69, 9.17) is 0 Å². The van der Waals surface area contributed by atoms with Gasteiger partial charge in [0.1, 0.15) is 0 Å². The van der Waals surface area contributed by atoms with Crippen molar-refractivity contribution in [3.8, 4) is 0 Å². The van der Waals surface area contributed by atoms with E-state index in [1.807, 2.05) is 0 Å². The largest absolute Gasteiger partial charge is 0.504 e. The zero-order chi connectivity index (χ0) is 29.1. The molecule has 0 aliphatic rings. The number of hydrogen-bond donors (Lipinski definition) is 1. The quantitative estimate of drug-likeness (QED) is 0.133. The van der Waals surface area contributed by atoms with Crippen molar-refractivity contribution in [2.24, 2.45) is 0 Å². The van der Waals surface area contributed by atoms with E-state index in [0.29, 0.717) is 11.8 Å². The highest BCUT2D eigenvalue weighted by atomic mass is 16.3. The van der Waals surface area contributed by atoms with Gasteiger partial charge in [-0.3, -0.25) is 4.79 Å². The first-order valence-corrected chi connectivity index (χ1v) is 15.9. The maximum absolute atomic E-state index is 14.4. The SMILES string of the molecule is CCCC(C)c1ccc(CC)cc1/C=C(\O)C(=O)c1c(C(C)CCC)ccc(C(C)CCC)c1C(C)CCC. The summed E-state index contributed by atoms with van der Waals surface area (Å²) in [6, 6.07) is 11.0. The van der Waals surface area contributed by atoms with E-state index >= 15 is 0 Å². The van der Waals surface area contributed by atoms with Crippen LogP contribution < -0.4 is 0 Å². The molecule has 2 rings (SSSR count). The van der Waals surface area contributed by atoms with Crippen molar-refractivity contribution >= 4 is 11.9 Å². The molecule has 0 aromatic heterocycles. The number of Topliss-reactive ketones (excluding diaryl/α,β-unsaturated/α-hetero) is 1. The average Bonchev–Trinajstić information content (AvgIpc) is 2.92. The lowest BCUT2D eigenvalue weighted by atomic mass is 9.77. The first-order valence-electron chi connectivity index (χ1n) is 15.9. The van der Waals surface area contributed by atoms with Gasteiger partial charge < -0.3 is 5.11 Å². The third-order valence-electron chi connectivity index (χ3n) is 8.60. The molecule has 0 spiro atoms. The lowest BCUT2D eigenvalue weighted by Crippen LogP contribution is -2.17. The molecule has 0 radical (unpaired) electrons. The number of rotatable bonds is 16. The standard InChI is InChI=1S/C37H56O2/c1-10-15-25(6)31-20-19-29(14-5)23-30(31)24-34(38)37(39)36-33(27(8)17-12-3)22-21-32(26(7)16-11-2)35(36)28(9)18-13-4/h19-28,38H,10-18H2,1-9H3/b34-24-. The second kappa shape index (κ2) is 16.0. The zero-order valence-electron chi connectivity index (χ0n) is 26.5. The Morgan fingerprint density at radius 3 is 1.69 bits per heavy atom. The van der Waals surface area contributed by atoms with Gasteiger partial charge in [-0.05, 0) is 95.2 Å². The molecule has 0 fully saturated rings. The van der Waals surface area contributed by atoms with E-state index in [9.17, 15) is 9.90 Å². The Hall–Kier alpha value is -2.35. The van der Waals surface area contributed by atoms with Crippen molar-refractivity contribution in [3.05, 3.63) is 75.0 Å². The van der Waals surface area contributed by atoms with Crippen LogP contribution in [0.5, 0.6) is 0 Å². The van der Waals surface area contributed by atoms with Crippen LogP contribution in [0.25, 0.3) is 6.08 Å². The Morgan fingerprint density at radius 1 is 0.692 bits per heavy atom. The summed E-state index contributed by atoms with van der Waals surface area (Å²) in [6.07, 6.45) is 11.2. The third-order valence-corrected chi connectivity index (χ3v) is 8.60. The average molecular weight is 533 g/mol. The van der Waals surface area contributed by atoms with Gasteiger partial charge in [-0.25, -0.2) is 0 Å². The Kier molecular flexibility index (Phi) is 13.5.